The number of carboxylic acid groups (broad SMARTS) is 1. The van der Waals surface area contributed by atoms with E-state index in [-0.39, 0.29) is 11.7 Å². The summed E-state index contributed by atoms with van der Waals surface area (Å²) in [5.41, 5.74) is 5.59. The summed E-state index contributed by atoms with van der Waals surface area (Å²) in [6.07, 6.45) is 5.87. The molecule has 196 valence electrons. The van der Waals surface area contributed by atoms with Crippen LogP contribution in [-0.2, 0) is 0 Å². The molecule has 1 saturated heterocycles. The molecule has 1 aliphatic rings. The van der Waals surface area contributed by atoms with E-state index in [9.17, 15) is 9.90 Å². The summed E-state index contributed by atoms with van der Waals surface area (Å²) in [5.74, 6) is 0.315. The lowest BCUT2D eigenvalue weighted by Gasteiger charge is -2.24. The maximum Gasteiger partial charge on any atom is 0.335 e. The molecule has 0 saturated carbocycles. The van der Waals surface area contributed by atoms with Crippen LogP contribution in [0.3, 0.4) is 0 Å². The topological polar surface area (TPSA) is 114 Å². The Hall–Kier alpha value is -4.76. The van der Waals surface area contributed by atoms with Crippen LogP contribution >= 0.6 is 0 Å². The summed E-state index contributed by atoms with van der Waals surface area (Å²) in [4.78, 5) is 25.7. The van der Waals surface area contributed by atoms with Gasteiger partial charge in [-0.2, -0.15) is 0 Å². The normalized spacial score (nSPS) is 13.9. The van der Waals surface area contributed by atoms with Crippen molar-refractivity contribution in [3.63, 3.8) is 0 Å². The predicted molar refractivity (Wildman–Crippen MR) is 150 cm³/mol. The number of rotatable bonds is 7. The molecule has 3 aromatic heterocycles. The van der Waals surface area contributed by atoms with Crippen molar-refractivity contribution in [3.8, 4) is 28.4 Å². The summed E-state index contributed by atoms with van der Waals surface area (Å²) >= 11 is 0. The van der Waals surface area contributed by atoms with E-state index in [1.165, 1.54) is 0 Å². The number of fused-ring (bicyclic) bond motifs is 1. The second-order valence-corrected chi connectivity index (χ2v) is 9.56. The minimum Gasteiger partial charge on any atom is -0.490 e. The Morgan fingerprint density at radius 2 is 1.92 bits per heavy atom. The molecule has 39 heavy (non-hydrogen) atoms. The van der Waals surface area contributed by atoms with Gasteiger partial charge in [-0.1, -0.05) is 18.2 Å². The van der Waals surface area contributed by atoms with Gasteiger partial charge in [0.15, 0.2) is 0 Å². The highest BCUT2D eigenvalue weighted by Crippen LogP contribution is 2.33. The highest BCUT2D eigenvalue weighted by atomic mass is 16.5. The van der Waals surface area contributed by atoms with Gasteiger partial charge in [-0.05, 0) is 86.9 Å². The first-order chi connectivity index (χ1) is 19.0. The number of hydrogen-bond donors (Lipinski definition) is 3. The highest BCUT2D eigenvalue weighted by molar-refractivity contribution is 5.90. The van der Waals surface area contributed by atoms with Gasteiger partial charge in [0.2, 0.25) is 5.95 Å². The quantitative estimate of drug-likeness (QED) is 0.264. The van der Waals surface area contributed by atoms with Crippen molar-refractivity contribution < 1.29 is 14.6 Å². The van der Waals surface area contributed by atoms with Crippen LogP contribution in [0.1, 0.15) is 28.8 Å². The third-order valence-corrected chi connectivity index (χ3v) is 6.84. The van der Waals surface area contributed by atoms with Gasteiger partial charge in [0.1, 0.15) is 17.5 Å². The first-order valence-corrected chi connectivity index (χ1v) is 12.9. The molecule has 0 amide bonds. The first kappa shape index (κ1) is 24.6. The van der Waals surface area contributed by atoms with Crippen molar-refractivity contribution in [2.75, 3.05) is 18.4 Å². The SMILES string of the molecule is Cc1cc(OC2CCNCC2)ccc1Nc1nccc(-c2c(-c3cccc(C(=O)O)c3)nc3ccccn23)n1. The highest BCUT2D eigenvalue weighted by Gasteiger charge is 2.19. The third kappa shape index (κ3) is 5.17. The largest absolute Gasteiger partial charge is 0.490 e. The Morgan fingerprint density at radius 3 is 2.74 bits per heavy atom. The number of imidazole rings is 1. The maximum atomic E-state index is 11.6. The van der Waals surface area contributed by atoms with Gasteiger partial charge in [0.25, 0.3) is 0 Å². The van der Waals surface area contributed by atoms with Crippen molar-refractivity contribution >= 4 is 23.3 Å². The average Bonchev–Trinajstić information content (AvgIpc) is 3.35. The van der Waals surface area contributed by atoms with E-state index in [0.29, 0.717) is 22.9 Å². The molecule has 0 unspecified atom stereocenters. The molecule has 3 N–H and O–H groups in total. The molecule has 2 aromatic carbocycles. The van der Waals surface area contributed by atoms with E-state index in [2.05, 4.69) is 15.6 Å². The van der Waals surface area contributed by atoms with E-state index in [1.54, 1.807) is 24.4 Å². The van der Waals surface area contributed by atoms with Crippen LogP contribution in [0, 0.1) is 6.92 Å². The number of hydrogen-bond acceptors (Lipinski definition) is 7. The first-order valence-electron chi connectivity index (χ1n) is 12.9. The predicted octanol–water partition coefficient (Wildman–Crippen LogP) is 5.34. The summed E-state index contributed by atoms with van der Waals surface area (Å²) in [6.45, 7) is 3.99. The summed E-state index contributed by atoms with van der Waals surface area (Å²) in [5, 5.41) is 16.2. The van der Waals surface area contributed by atoms with Crippen molar-refractivity contribution in [2.45, 2.75) is 25.9 Å². The molecular formula is C30H28N6O3. The summed E-state index contributed by atoms with van der Waals surface area (Å²) in [6, 6.07) is 20.3. The second-order valence-electron chi connectivity index (χ2n) is 9.56. The fourth-order valence-electron chi connectivity index (χ4n) is 4.87. The number of benzene rings is 2. The monoisotopic (exact) mass is 520 g/mol. The van der Waals surface area contributed by atoms with Gasteiger partial charge in [-0.3, -0.25) is 4.40 Å². The van der Waals surface area contributed by atoms with Crippen LogP contribution in [0.25, 0.3) is 28.3 Å². The lowest BCUT2D eigenvalue weighted by Crippen LogP contribution is -2.34. The average molecular weight is 521 g/mol. The molecular weight excluding hydrogens is 492 g/mol. The van der Waals surface area contributed by atoms with Crippen LogP contribution < -0.4 is 15.4 Å². The van der Waals surface area contributed by atoms with E-state index in [0.717, 1.165) is 54.3 Å². The molecule has 1 fully saturated rings. The smallest absolute Gasteiger partial charge is 0.335 e. The number of aromatic carboxylic acids is 1. The number of nitrogens with zero attached hydrogens (tertiary/aromatic N) is 4. The zero-order chi connectivity index (χ0) is 26.8. The van der Waals surface area contributed by atoms with E-state index >= 15 is 0 Å². The lowest BCUT2D eigenvalue weighted by atomic mass is 10.1. The van der Waals surface area contributed by atoms with Crippen molar-refractivity contribution in [1.29, 1.82) is 0 Å². The standard InChI is InChI=1S/C30H28N6O3/c1-19-17-23(39-22-10-13-31-14-11-22)8-9-24(19)33-30-32-15-12-25(34-30)28-27(35-26-7-2-3-16-36(26)28)20-5-4-6-21(18-20)29(37)38/h2-9,12,15-18,22,31H,10-11,13-14H2,1H3,(H,37,38)(H,32,33,34). The molecule has 0 radical (unpaired) electrons. The number of nitrogens with one attached hydrogen (secondary N) is 2. The Kier molecular flexibility index (Phi) is 6.64. The van der Waals surface area contributed by atoms with E-state index < -0.39 is 5.97 Å². The molecule has 5 aromatic rings. The van der Waals surface area contributed by atoms with Crippen molar-refractivity contribution in [3.05, 3.63) is 90.3 Å². The van der Waals surface area contributed by atoms with Crippen molar-refractivity contribution in [2.24, 2.45) is 0 Å². The summed E-state index contributed by atoms with van der Waals surface area (Å²) in [7, 11) is 0. The molecule has 1 aliphatic heterocycles. The number of ether oxygens (including phenoxy) is 1. The Labute approximate surface area is 225 Å². The maximum absolute atomic E-state index is 11.6. The third-order valence-electron chi connectivity index (χ3n) is 6.84. The van der Waals surface area contributed by atoms with Gasteiger partial charge < -0.3 is 20.5 Å². The van der Waals surface area contributed by atoms with Gasteiger partial charge in [0, 0.05) is 23.6 Å². The lowest BCUT2D eigenvalue weighted by molar-refractivity contribution is 0.0697. The zero-order valence-corrected chi connectivity index (χ0v) is 21.5. The minimum absolute atomic E-state index is 0.198. The fourth-order valence-corrected chi connectivity index (χ4v) is 4.87. The van der Waals surface area contributed by atoms with Gasteiger partial charge in [-0.15, -0.1) is 0 Å². The van der Waals surface area contributed by atoms with E-state index in [4.69, 9.17) is 14.7 Å². The van der Waals surface area contributed by atoms with E-state index in [1.807, 2.05) is 66.1 Å². The van der Waals surface area contributed by atoms with Crippen LogP contribution in [-0.4, -0.2) is 49.6 Å². The Morgan fingerprint density at radius 1 is 1.05 bits per heavy atom. The Bertz CT molecular complexity index is 1660. The number of carboxylic acids is 1. The number of aromatic nitrogens is 4. The Balaban J connectivity index is 1.33. The minimum atomic E-state index is -0.988. The molecule has 0 atom stereocenters. The van der Waals surface area contributed by atoms with Crippen LogP contribution in [0.5, 0.6) is 5.75 Å². The zero-order valence-electron chi connectivity index (χ0n) is 21.5. The molecule has 6 rings (SSSR count). The van der Waals surface area contributed by atoms with Crippen molar-refractivity contribution in [1.82, 2.24) is 24.7 Å². The number of piperidine rings is 1. The molecule has 0 bridgehead atoms. The number of aryl methyl sites for hydroxylation is 1. The second kappa shape index (κ2) is 10.5. The molecule has 0 spiro atoms. The number of anilines is 2. The van der Waals surface area contributed by atoms with Gasteiger partial charge >= 0.3 is 5.97 Å². The summed E-state index contributed by atoms with van der Waals surface area (Å²) < 4.78 is 8.13. The van der Waals surface area contributed by atoms with Crippen LogP contribution in [0.2, 0.25) is 0 Å². The van der Waals surface area contributed by atoms with Crippen LogP contribution in [0.15, 0.2) is 79.1 Å². The number of carbonyl (C=O) groups is 1. The molecule has 0 aliphatic carbocycles. The molecule has 4 heterocycles. The van der Waals surface area contributed by atoms with Crippen LogP contribution in [0.4, 0.5) is 11.6 Å². The molecule has 9 heteroatoms. The molecule has 9 nitrogen and oxygen atoms in total. The van der Waals surface area contributed by atoms with Gasteiger partial charge in [0.05, 0.1) is 22.6 Å². The fraction of sp³-hybridized carbons (Fsp3) is 0.200. The number of pyridine rings is 1. The van der Waals surface area contributed by atoms with Gasteiger partial charge in [-0.25, -0.2) is 19.7 Å².